The smallest absolute Gasteiger partial charge is 0.414 e. The molecule has 0 saturated heterocycles. The molecule has 4 rings (SSSR count). The van der Waals surface area contributed by atoms with Crippen molar-refractivity contribution in [3.8, 4) is 16.9 Å². The van der Waals surface area contributed by atoms with Crippen LogP contribution in [0.3, 0.4) is 0 Å². The fourth-order valence-electron chi connectivity index (χ4n) is 3.88. The second kappa shape index (κ2) is 8.61. The molecule has 0 spiro atoms. The molecule has 0 fully saturated rings. The lowest BCUT2D eigenvalue weighted by molar-refractivity contribution is 0.130. The van der Waals surface area contributed by atoms with E-state index in [9.17, 15) is 4.79 Å². The first-order chi connectivity index (χ1) is 14.5. The van der Waals surface area contributed by atoms with Crippen LogP contribution in [0.15, 0.2) is 48.8 Å². The fourth-order valence-corrected chi connectivity index (χ4v) is 3.88. The number of hydrogen-bond acceptors (Lipinski definition) is 4. The van der Waals surface area contributed by atoms with Gasteiger partial charge in [-0.05, 0) is 61.1 Å². The molecule has 30 heavy (non-hydrogen) atoms. The zero-order chi connectivity index (χ0) is 21.1. The quantitative estimate of drug-likeness (QED) is 0.579. The summed E-state index contributed by atoms with van der Waals surface area (Å²) in [7, 11) is 1.91. The summed E-state index contributed by atoms with van der Waals surface area (Å²) in [5.41, 5.74) is 6.56. The van der Waals surface area contributed by atoms with Crippen LogP contribution in [0.2, 0.25) is 0 Å². The Kier molecular flexibility index (Phi) is 5.74. The molecule has 156 valence electrons. The highest BCUT2D eigenvalue weighted by Gasteiger charge is 2.26. The Labute approximate surface area is 177 Å². The van der Waals surface area contributed by atoms with Gasteiger partial charge in [0.1, 0.15) is 19.0 Å². The lowest BCUT2D eigenvalue weighted by Crippen LogP contribution is -2.36. The molecule has 1 amide bonds. The molecule has 0 bridgehead atoms. The van der Waals surface area contributed by atoms with E-state index in [1.165, 1.54) is 11.1 Å². The van der Waals surface area contributed by atoms with Crippen LogP contribution >= 0.6 is 0 Å². The van der Waals surface area contributed by atoms with Gasteiger partial charge in [0.15, 0.2) is 0 Å². The average Bonchev–Trinajstić information content (AvgIpc) is 3.19. The molecule has 6 nitrogen and oxygen atoms in total. The van der Waals surface area contributed by atoms with Gasteiger partial charge in [-0.3, -0.25) is 9.58 Å². The number of fused-ring (bicyclic) bond motifs is 1. The normalized spacial score (nSPS) is 13.1. The van der Waals surface area contributed by atoms with E-state index in [1.54, 1.807) is 9.58 Å². The van der Waals surface area contributed by atoms with E-state index in [0.717, 1.165) is 41.0 Å². The average molecular weight is 405 g/mol. The number of nitrogens with zero attached hydrogens (tertiary/aromatic N) is 3. The predicted octanol–water partition coefficient (Wildman–Crippen LogP) is 4.67. The number of amides is 1. The molecule has 6 heteroatoms. The molecule has 0 N–H and O–H groups in total. The summed E-state index contributed by atoms with van der Waals surface area (Å²) in [5.74, 6) is 0.829. The van der Waals surface area contributed by atoms with Crippen molar-refractivity contribution in [2.24, 2.45) is 7.05 Å². The summed E-state index contributed by atoms with van der Waals surface area (Å²) in [6.07, 6.45) is 5.36. The third-order valence-electron chi connectivity index (χ3n) is 5.61. The second-order valence-electron chi connectivity index (χ2n) is 7.62. The molecule has 0 atom stereocenters. The predicted molar refractivity (Wildman–Crippen MR) is 117 cm³/mol. The Morgan fingerprint density at radius 3 is 2.77 bits per heavy atom. The van der Waals surface area contributed by atoms with Gasteiger partial charge in [0.05, 0.1) is 11.9 Å². The summed E-state index contributed by atoms with van der Waals surface area (Å²) in [4.78, 5) is 14.5. The van der Waals surface area contributed by atoms with Crippen molar-refractivity contribution in [1.29, 1.82) is 0 Å². The maximum atomic E-state index is 12.8. The van der Waals surface area contributed by atoms with Crippen LogP contribution in [0.25, 0.3) is 11.1 Å². The topological polar surface area (TPSA) is 56.6 Å². The first kappa shape index (κ1) is 20.0. The molecule has 1 aromatic heterocycles. The number of hydrogen-bond donors (Lipinski definition) is 0. The van der Waals surface area contributed by atoms with Crippen LogP contribution in [-0.4, -0.2) is 35.6 Å². The van der Waals surface area contributed by atoms with E-state index in [-0.39, 0.29) is 12.7 Å². The number of carbonyl (C=O) groups is 1. The fraction of sp³-hybridized carbons (Fsp3) is 0.333. The number of anilines is 1. The summed E-state index contributed by atoms with van der Waals surface area (Å²) >= 11 is 0. The van der Waals surface area contributed by atoms with Crippen molar-refractivity contribution in [1.82, 2.24) is 9.78 Å². The van der Waals surface area contributed by atoms with Gasteiger partial charge in [-0.25, -0.2) is 4.79 Å². The molecule has 0 aliphatic carbocycles. The zero-order valence-corrected chi connectivity index (χ0v) is 17.7. The summed E-state index contributed by atoms with van der Waals surface area (Å²) in [6.45, 7) is 5.27. The van der Waals surface area contributed by atoms with Crippen molar-refractivity contribution >= 4 is 11.8 Å². The van der Waals surface area contributed by atoms with Gasteiger partial charge in [0.2, 0.25) is 0 Å². The van der Waals surface area contributed by atoms with Gasteiger partial charge in [-0.1, -0.05) is 24.3 Å². The van der Waals surface area contributed by atoms with Gasteiger partial charge in [-0.15, -0.1) is 0 Å². The van der Waals surface area contributed by atoms with E-state index in [4.69, 9.17) is 9.47 Å². The lowest BCUT2D eigenvalue weighted by atomic mass is 9.93. The third-order valence-corrected chi connectivity index (χ3v) is 5.61. The molecular weight excluding hydrogens is 378 g/mol. The van der Waals surface area contributed by atoms with Crippen LogP contribution in [0.4, 0.5) is 10.5 Å². The minimum absolute atomic E-state index is 0.209. The van der Waals surface area contributed by atoms with Crippen molar-refractivity contribution in [2.45, 2.75) is 26.7 Å². The molecule has 2 aromatic carbocycles. The number of aryl methyl sites for hydroxylation is 2. The molecule has 1 aliphatic rings. The van der Waals surface area contributed by atoms with E-state index < -0.39 is 0 Å². The van der Waals surface area contributed by atoms with Gasteiger partial charge in [0.25, 0.3) is 0 Å². The van der Waals surface area contributed by atoms with Gasteiger partial charge in [0, 0.05) is 25.4 Å². The first-order valence-corrected chi connectivity index (χ1v) is 10.3. The van der Waals surface area contributed by atoms with Crippen molar-refractivity contribution in [2.75, 3.05) is 24.7 Å². The van der Waals surface area contributed by atoms with Crippen molar-refractivity contribution < 1.29 is 14.3 Å². The van der Waals surface area contributed by atoms with E-state index >= 15 is 0 Å². The molecule has 0 radical (unpaired) electrons. The van der Waals surface area contributed by atoms with Crippen LogP contribution in [0, 0.1) is 13.8 Å². The number of benzene rings is 2. The highest BCUT2D eigenvalue weighted by Crippen LogP contribution is 2.35. The van der Waals surface area contributed by atoms with Crippen molar-refractivity contribution in [3.05, 3.63) is 65.5 Å². The van der Waals surface area contributed by atoms with Gasteiger partial charge in [-0.2, -0.15) is 5.10 Å². The highest BCUT2D eigenvalue weighted by molar-refractivity contribution is 5.91. The van der Waals surface area contributed by atoms with Crippen LogP contribution < -0.4 is 9.64 Å². The minimum Gasteiger partial charge on any atom is -0.490 e. The number of ether oxygens (including phenoxy) is 2. The monoisotopic (exact) mass is 405 g/mol. The largest absolute Gasteiger partial charge is 0.490 e. The standard InChI is InChI=1S/C24H27N3O3/c1-17-7-4-11-23(18(17)2)29-13-14-30-24(28)27-12-6-9-21-20(8-5-10-22(21)27)19-15-25-26(3)16-19/h4-5,7-8,10-11,15-16H,6,9,12-14H2,1-3H3. The van der Waals surface area contributed by atoms with E-state index in [0.29, 0.717) is 13.2 Å². The number of rotatable bonds is 5. The number of aromatic nitrogens is 2. The Hall–Kier alpha value is -3.28. The van der Waals surface area contributed by atoms with E-state index in [2.05, 4.69) is 24.2 Å². The molecule has 0 saturated carbocycles. The molecule has 0 unspecified atom stereocenters. The third kappa shape index (κ3) is 4.03. The Morgan fingerprint density at radius 2 is 1.97 bits per heavy atom. The van der Waals surface area contributed by atoms with Crippen LogP contribution in [0.1, 0.15) is 23.1 Å². The maximum Gasteiger partial charge on any atom is 0.414 e. The first-order valence-electron chi connectivity index (χ1n) is 10.3. The molecule has 2 heterocycles. The molecule has 3 aromatic rings. The SMILES string of the molecule is Cc1cccc(OCCOC(=O)N2CCCc3c(-c4cnn(C)c4)cccc32)c1C. The Balaban J connectivity index is 1.42. The van der Waals surface area contributed by atoms with Crippen LogP contribution in [-0.2, 0) is 18.2 Å². The Bertz CT molecular complexity index is 1060. The summed E-state index contributed by atoms with van der Waals surface area (Å²) in [6, 6.07) is 12.0. The van der Waals surface area contributed by atoms with Crippen molar-refractivity contribution in [3.63, 3.8) is 0 Å². The molecular formula is C24H27N3O3. The van der Waals surface area contributed by atoms with E-state index in [1.807, 2.05) is 50.6 Å². The van der Waals surface area contributed by atoms with Gasteiger partial charge < -0.3 is 9.47 Å². The number of carbonyl (C=O) groups excluding carboxylic acids is 1. The van der Waals surface area contributed by atoms with Gasteiger partial charge >= 0.3 is 6.09 Å². The lowest BCUT2D eigenvalue weighted by Gasteiger charge is -2.30. The molecule has 1 aliphatic heterocycles. The van der Waals surface area contributed by atoms with Crippen LogP contribution in [0.5, 0.6) is 5.75 Å². The Morgan fingerprint density at radius 1 is 1.13 bits per heavy atom. The summed E-state index contributed by atoms with van der Waals surface area (Å²) in [5, 5.41) is 4.28. The second-order valence-corrected chi connectivity index (χ2v) is 7.62. The highest BCUT2D eigenvalue weighted by atomic mass is 16.6. The summed E-state index contributed by atoms with van der Waals surface area (Å²) < 4.78 is 13.1. The maximum absolute atomic E-state index is 12.8. The minimum atomic E-state index is -0.330. The zero-order valence-electron chi connectivity index (χ0n) is 17.7.